The standard InChI is InChI=1S/C13H20FNO2/c1-4-13(2,9-16)8-15-12-7-10(17-3)5-6-11(12)14/h5-7,15-16H,4,8-9H2,1-3H3. The maximum atomic E-state index is 13.5. The fourth-order valence-electron chi connectivity index (χ4n) is 1.37. The largest absolute Gasteiger partial charge is 0.497 e. The summed E-state index contributed by atoms with van der Waals surface area (Å²) in [5.41, 5.74) is 0.160. The quantitative estimate of drug-likeness (QED) is 0.804. The minimum Gasteiger partial charge on any atom is -0.497 e. The van der Waals surface area contributed by atoms with Crippen molar-refractivity contribution < 1.29 is 14.2 Å². The minimum absolute atomic E-state index is 0.0715. The van der Waals surface area contributed by atoms with Crippen LogP contribution in [0.15, 0.2) is 18.2 Å². The molecule has 0 aliphatic heterocycles. The first-order chi connectivity index (χ1) is 8.04. The van der Waals surface area contributed by atoms with Crippen molar-refractivity contribution in [2.45, 2.75) is 20.3 Å². The van der Waals surface area contributed by atoms with Gasteiger partial charge in [-0.1, -0.05) is 13.8 Å². The molecule has 0 heterocycles. The molecule has 0 aliphatic carbocycles. The van der Waals surface area contributed by atoms with E-state index in [0.717, 1.165) is 6.42 Å². The normalized spacial score (nSPS) is 14.2. The van der Waals surface area contributed by atoms with Gasteiger partial charge in [0.2, 0.25) is 0 Å². The Hall–Kier alpha value is -1.29. The van der Waals surface area contributed by atoms with Crippen LogP contribution in [0.4, 0.5) is 10.1 Å². The van der Waals surface area contributed by atoms with Crippen LogP contribution in [-0.4, -0.2) is 25.4 Å². The highest BCUT2D eigenvalue weighted by molar-refractivity contribution is 5.49. The average Bonchev–Trinajstić information content (AvgIpc) is 2.37. The Morgan fingerprint density at radius 2 is 2.18 bits per heavy atom. The predicted molar refractivity (Wildman–Crippen MR) is 66.9 cm³/mol. The topological polar surface area (TPSA) is 41.5 Å². The second-order valence-electron chi connectivity index (χ2n) is 4.52. The molecule has 1 atom stereocenters. The molecule has 1 aromatic rings. The Morgan fingerprint density at radius 1 is 1.47 bits per heavy atom. The summed E-state index contributed by atoms with van der Waals surface area (Å²) in [7, 11) is 1.54. The molecule has 1 rings (SSSR count). The SMILES string of the molecule is CCC(C)(CO)CNc1cc(OC)ccc1F. The number of nitrogens with one attached hydrogen (secondary N) is 1. The van der Waals surface area contributed by atoms with Crippen LogP contribution in [-0.2, 0) is 0 Å². The van der Waals surface area contributed by atoms with Gasteiger partial charge in [0, 0.05) is 18.0 Å². The van der Waals surface area contributed by atoms with Crippen molar-refractivity contribution in [2.75, 3.05) is 25.6 Å². The van der Waals surface area contributed by atoms with Crippen molar-refractivity contribution in [3.05, 3.63) is 24.0 Å². The predicted octanol–water partition coefficient (Wildman–Crippen LogP) is 2.65. The zero-order valence-corrected chi connectivity index (χ0v) is 10.6. The maximum Gasteiger partial charge on any atom is 0.146 e. The molecule has 0 radical (unpaired) electrons. The van der Waals surface area contributed by atoms with E-state index in [-0.39, 0.29) is 17.8 Å². The molecule has 0 saturated carbocycles. The van der Waals surface area contributed by atoms with Gasteiger partial charge in [-0.2, -0.15) is 0 Å². The van der Waals surface area contributed by atoms with Crippen LogP contribution in [0.3, 0.4) is 0 Å². The smallest absolute Gasteiger partial charge is 0.146 e. The first kappa shape index (κ1) is 13.8. The summed E-state index contributed by atoms with van der Waals surface area (Å²) >= 11 is 0. The number of benzene rings is 1. The average molecular weight is 241 g/mol. The third kappa shape index (κ3) is 3.60. The van der Waals surface area contributed by atoms with Crippen molar-refractivity contribution in [3.8, 4) is 5.75 Å². The Kier molecular flexibility index (Phi) is 4.75. The lowest BCUT2D eigenvalue weighted by atomic mass is 9.88. The lowest BCUT2D eigenvalue weighted by Crippen LogP contribution is -2.29. The van der Waals surface area contributed by atoms with Gasteiger partial charge < -0.3 is 15.2 Å². The van der Waals surface area contributed by atoms with Gasteiger partial charge in [0.05, 0.1) is 19.4 Å². The molecule has 0 saturated heterocycles. The summed E-state index contributed by atoms with van der Waals surface area (Å²) in [5, 5.41) is 12.3. The summed E-state index contributed by atoms with van der Waals surface area (Å²) in [6.45, 7) is 4.55. The molecule has 0 fully saturated rings. The number of ether oxygens (including phenoxy) is 1. The second-order valence-corrected chi connectivity index (χ2v) is 4.52. The molecule has 3 nitrogen and oxygen atoms in total. The van der Waals surface area contributed by atoms with Gasteiger partial charge in [-0.3, -0.25) is 0 Å². The number of methoxy groups -OCH3 is 1. The number of hydrogen-bond acceptors (Lipinski definition) is 3. The fourth-order valence-corrected chi connectivity index (χ4v) is 1.37. The van der Waals surface area contributed by atoms with Crippen molar-refractivity contribution in [2.24, 2.45) is 5.41 Å². The zero-order valence-electron chi connectivity index (χ0n) is 10.6. The molecule has 0 bridgehead atoms. The van der Waals surface area contributed by atoms with E-state index in [9.17, 15) is 9.50 Å². The maximum absolute atomic E-state index is 13.5. The highest BCUT2D eigenvalue weighted by Gasteiger charge is 2.21. The lowest BCUT2D eigenvalue weighted by molar-refractivity contribution is 0.149. The molecule has 2 N–H and O–H groups in total. The van der Waals surface area contributed by atoms with Crippen LogP contribution in [0, 0.1) is 11.2 Å². The van der Waals surface area contributed by atoms with Gasteiger partial charge in [0.25, 0.3) is 0 Å². The summed E-state index contributed by atoms with van der Waals surface area (Å²) in [4.78, 5) is 0. The van der Waals surface area contributed by atoms with E-state index in [2.05, 4.69) is 5.32 Å². The highest BCUT2D eigenvalue weighted by atomic mass is 19.1. The molecule has 0 spiro atoms. The van der Waals surface area contributed by atoms with Crippen LogP contribution in [0.2, 0.25) is 0 Å². The Balaban J connectivity index is 2.74. The molecule has 0 aliphatic rings. The van der Waals surface area contributed by atoms with E-state index >= 15 is 0 Å². The molecule has 4 heteroatoms. The van der Waals surface area contributed by atoms with Crippen LogP contribution in [0.1, 0.15) is 20.3 Å². The number of anilines is 1. The zero-order chi connectivity index (χ0) is 12.9. The first-order valence-corrected chi connectivity index (χ1v) is 5.73. The lowest BCUT2D eigenvalue weighted by Gasteiger charge is -2.26. The van der Waals surface area contributed by atoms with Gasteiger partial charge >= 0.3 is 0 Å². The molecular weight excluding hydrogens is 221 g/mol. The number of hydrogen-bond donors (Lipinski definition) is 2. The van der Waals surface area contributed by atoms with E-state index in [0.29, 0.717) is 18.0 Å². The van der Waals surface area contributed by atoms with Gasteiger partial charge in [-0.25, -0.2) is 4.39 Å². The highest BCUT2D eigenvalue weighted by Crippen LogP contribution is 2.25. The Labute approximate surface area is 102 Å². The third-order valence-electron chi connectivity index (χ3n) is 3.11. The Bertz CT molecular complexity index is 364. The molecule has 1 aromatic carbocycles. The summed E-state index contributed by atoms with van der Waals surface area (Å²) in [5.74, 6) is 0.290. The molecule has 0 aromatic heterocycles. The second kappa shape index (κ2) is 5.87. The fraction of sp³-hybridized carbons (Fsp3) is 0.538. The van der Waals surface area contributed by atoms with Crippen LogP contribution < -0.4 is 10.1 Å². The van der Waals surface area contributed by atoms with Crippen molar-refractivity contribution >= 4 is 5.69 Å². The van der Waals surface area contributed by atoms with Crippen LogP contribution in [0.5, 0.6) is 5.75 Å². The van der Waals surface area contributed by atoms with E-state index in [1.165, 1.54) is 6.07 Å². The van der Waals surface area contributed by atoms with E-state index in [1.54, 1.807) is 19.2 Å². The van der Waals surface area contributed by atoms with Crippen LogP contribution >= 0.6 is 0 Å². The third-order valence-corrected chi connectivity index (χ3v) is 3.11. The van der Waals surface area contributed by atoms with Crippen molar-refractivity contribution in [1.29, 1.82) is 0 Å². The minimum atomic E-state index is -0.317. The van der Waals surface area contributed by atoms with Crippen molar-refractivity contribution in [3.63, 3.8) is 0 Å². The van der Waals surface area contributed by atoms with E-state index in [4.69, 9.17) is 4.74 Å². The monoisotopic (exact) mass is 241 g/mol. The van der Waals surface area contributed by atoms with Gasteiger partial charge in [0.15, 0.2) is 0 Å². The van der Waals surface area contributed by atoms with Gasteiger partial charge in [-0.15, -0.1) is 0 Å². The Morgan fingerprint density at radius 3 is 2.71 bits per heavy atom. The molecule has 17 heavy (non-hydrogen) atoms. The van der Waals surface area contributed by atoms with E-state index < -0.39 is 0 Å². The first-order valence-electron chi connectivity index (χ1n) is 5.73. The number of rotatable bonds is 6. The number of halogens is 1. The van der Waals surface area contributed by atoms with Crippen molar-refractivity contribution in [1.82, 2.24) is 0 Å². The molecule has 1 unspecified atom stereocenters. The van der Waals surface area contributed by atoms with Gasteiger partial charge in [0.1, 0.15) is 11.6 Å². The van der Waals surface area contributed by atoms with Gasteiger partial charge in [-0.05, 0) is 18.6 Å². The summed E-state index contributed by atoms with van der Waals surface area (Å²) in [6.07, 6.45) is 0.822. The summed E-state index contributed by atoms with van der Waals surface area (Å²) in [6, 6.07) is 4.55. The molecule has 96 valence electrons. The van der Waals surface area contributed by atoms with E-state index in [1.807, 2.05) is 13.8 Å². The molecular formula is C13H20FNO2. The van der Waals surface area contributed by atoms with Crippen LogP contribution in [0.25, 0.3) is 0 Å². The number of aliphatic hydroxyl groups excluding tert-OH is 1. The number of aliphatic hydroxyl groups is 1. The molecule has 0 amide bonds. The summed E-state index contributed by atoms with van der Waals surface area (Å²) < 4.78 is 18.5.